The fraction of sp³-hybridized carbons (Fsp3) is 0.263. The Morgan fingerprint density at radius 2 is 1.82 bits per heavy atom. The predicted molar refractivity (Wildman–Crippen MR) is 103 cm³/mol. The molecule has 1 amide bonds. The number of hydrogen-bond donors (Lipinski definition) is 2. The van der Waals surface area contributed by atoms with Crippen molar-refractivity contribution in [3.63, 3.8) is 0 Å². The zero-order valence-corrected chi connectivity index (χ0v) is 18.0. The second-order valence-corrected chi connectivity index (χ2v) is 8.09. The second kappa shape index (κ2) is 8.85. The molecule has 0 spiro atoms. The Morgan fingerprint density at radius 3 is 2.46 bits per heavy atom. The highest BCUT2D eigenvalue weighted by Gasteiger charge is 2.26. The van der Waals surface area contributed by atoms with Gasteiger partial charge in [0.05, 0.1) is 11.4 Å². The molecule has 0 bridgehead atoms. The molecule has 0 atom stereocenters. The summed E-state index contributed by atoms with van der Waals surface area (Å²) in [5.41, 5.74) is 4.65. The number of carbonyl (C=O) groups excluding carboxylic acids is 1. The van der Waals surface area contributed by atoms with Crippen LogP contribution in [0.25, 0.3) is 0 Å². The molecule has 1 aliphatic rings. The van der Waals surface area contributed by atoms with Crippen LogP contribution < -0.4 is 22.4 Å². The van der Waals surface area contributed by atoms with Gasteiger partial charge in [-0.15, -0.1) is 0 Å². The summed E-state index contributed by atoms with van der Waals surface area (Å²) < 4.78 is 26.7. The molecule has 7 nitrogen and oxygen atoms in total. The molecule has 0 aliphatic carbocycles. The van der Waals surface area contributed by atoms with Crippen LogP contribution in [0.15, 0.2) is 53.4 Å². The van der Waals surface area contributed by atoms with E-state index >= 15 is 0 Å². The summed E-state index contributed by atoms with van der Waals surface area (Å²) in [7, 11) is -3.64. The zero-order chi connectivity index (χ0) is 19.6. The highest BCUT2D eigenvalue weighted by molar-refractivity contribution is 7.89. The lowest BCUT2D eigenvalue weighted by Gasteiger charge is -2.20. The molecule has 0 unspecified atom stereocenters. The van der Waals surface area contributed by atoms with Gasteiger partial charge in [0.15, 0.2) is 0 Å². The minimum absolute atomic E-state index is 0. The van der Waals surface area contributed by atoms with E-state index in [-0.39, 0.29) is 33.3 Å². The number of amidine groups is 1. The Morgan fingerprint density at radius 1 is 1.14 bits per heavy atom. The van der Waals surface area contributed by atoms with Crippen LogP contribution in [-0.2, 0) is 16.6 Å². The molecular weight excluding hydrogens is 444 g/mol. The van der Waals surface area contributed by atoms with E-state index in [1.54, 1.807) is 26.0 Å². The monoisotopic (exact) mass is 465 g/mol. The number of nitrogens with one attached hydrogen (secondary N) is 2. The maximum atomic E-state index is 12.7. The molecule has 28 heavy (non-hydrogen) atoms. The standard InChI is InChI=1S/C19H22N4O3S.BrH/c1-3-22(4-2)27(25,26)16-10-7-9-14(12-16)19(24)21-23-13-15-8-5-6-11-17(15)18(23)20;/h5-12,20H,3-4,13H2,1-2H3,(H,21,24);1H/p-1. The molecule has 2 aromatic carbocycles. The molecule has 2 N–H and O–H groups in total. The number of carbonyl (C=O) groups is 1. The number of hydrogen-bond acceptors (Lipinski definition) is 4. The van der Waals surface area contributed by atoms with E-state index in [1.807, 2.05) is 24.3 Å². The third-order valence-electron chi connectivity index (χ3n) is 4.55. The van der Waals surface area contributed by atoms with Gasteiger partial charge < -0.3 is 17.0 Å². The fourth-order valence-corrected chi connectivity index (χ4v) is 4.58. The van der Waals surface area contributed by atoms with Gasteiger partial charge in [-0.25, -0.2) is 8.42 Å². The van der Waals surface area contributed by atoms with E-state index in [0.717, 1.165) is 11.1 Å². The Kier molecular flexibility index (Phi) is 6.97. The molecule has 0 fully saturated rings. The second-order valence-electron chi connectivity index (χ2n) is 6.15. The highest BCUT2D eigenvalue weighted by Crippen LogP contribution is 2.21. The summed E-state index contributed by atoms with van der Waals surface area (Å²) in [6.07, 6.45) is 0. The third kappa shape index (κ3) is 4.11. The van der Waals surface area contributed by atoms with Crippen molar-refractivity contribution in [1.82, 2.24) is 14.7 Å². The first kappa shape index (κ1) is 22.1. The van der Waals surface area contributed by atoms with E-state index in [4.69, 9.17) is 5.41 Å². The summed E-state index contributed by atoms with van der Waals surface area (Å²) in [4.78, 5) is 12.7. The van der Waals surface area contributed by atoms with Gasteiger partial charge >= 0.3 is 0 Å². The minimum atomic E-state index is -3.64. The van der Waals surface area contributed by atoms with Crippen molar-refractivity contribution in [2.45, 2.75) is 25.3 Å². The summed E-state index contributed by atoms with van der Waals surface area (Å²) in [6.45, 7) is 4.66. The van der Waals surface area contributed by atoms with Crippen LogP contribution in [0, 0.1) is 5.41 Å². The lowest BCUT2D eigenvalue weighted by Crippen LogP contribution is -3.00. The van der Waals surface area contributed by atoms with E-state index < -0.39 is 15.9 Å². The van der Waals surface area contributed by atoms with Crippen LogP contribution in [-0.4, -0.2) is 42.6 Å². The Bertz CT molecular complexity index is 990. The molecule has 2 aromatic rings. The first-order valence-electron chi connectivity index (χ1n) is 8.74. The number of halogens is 1. The number of nitrogens with zero attached hydrogens (tertiary/aromatic N) is 2. The molecule has 1 heterocycles. The number of rotatable bonds is 6. The molecule has 0 aromatic heterocycles. The summed E-state index contributed by atoms with van der Waals surface area (Å²) >= 11 is 0. The van der Waals surface area contributed by atoms with Crippen LogP contribution >= 0.6 is 0 Å². The number of fused-ring (bicyclic) bond motifs is 1. The molecule has 9 heteroatoms. The van der Waals surface area contributed by atoms with Gasteiger partial charge in [-0.3, -0.25) is 20.6 Å². The van der Waals surface area contributed by atoms with Crippen molar-refractivity contribution in [2.24, 2.45) is 0 Å². The minimum Gasteiger partial charge on any atom is -1.00 e. The highest BCUT2D eigenvalue weighted by atomic mass is 79.9. The molecule has 1 aliphatic heterocycles. The van der Waals surface area contributed by atoms with Gasteiger partial charge in [0.1, 0.15) is 5.84 Å². The van der Waals surface area contributed by atoms with Crippen LogP contribution in [0.5, 0.6) is 0 Å². The normalized spacial score (nSPS) is 13.2. The lowest BCUT2D eigenvalue weighted by atomic mass is 10.1. The first-order valence-corrected chi connectivity index (χ1v) is 10.2. The molecule has 0 radical (unpaired) electrons. The van der Waals surface area contributed by atoms with Crippen LogP contribution in [0.1, 0.15) is 35.3 Å². The van der Waals surface area contributed by atoms with Crippen molar-refractivity contribution in [3.05, 3.63) is 65.2 Å². The van der Waals surface area contributed by atoms with E-state index in [0.29, 0.717) is 19.6 Å². The van der Waals surface area contributed by atoms with Crippen molar-refractivity contribution in [3.8, 4) is 0 Å². The Balaban J connectivity index is 0.00000280. The zero-order valence-electron chi connectivity index (χ0n) is 15.6. The molecule has 0 saturated carbocycles. The van der Waals surface area contributed by atoms with E-state index in [1.165, 1.54) is 21.4 Å². The summed E-state index contributed by atoms with van der Waals surface area (Å²) in [6, 6.07) is 13.4. The van der Waals surface area contributed by atoms with Crippen molar-refractivity contribution >= 4 is 21.8 Å². The van der Waals surface area contributed by atoms with Gasteiger partial charge in [0.2, 0.25) is 10.0 Å². The van der Waals surface area contributed by atoms with Gasteiger partial charge in [-0.1, -0.05) is 44.2 Å². The maximum absolute atomic E-state index is 12.7. The van der Waals surface area contributed by atoms with E-state index in [9.17, 15) is 13.2 Å². The predicted octanol–water partition coefficient (Wildman–Crippen LogP) is -0.793. The third-order valence-corrected chi connectivity index (χ3v) is 6.59. The maximum Gasteiger partial charge on any atom is 0.269 e. The number of amides is 1. The quantitative estimate of drug-likeness (QED) is 0.584. The van der Waals surface area contributed by atoms with Gasteiger partial charge in [0.25, 0.3) is 5.91 Å². The average molecular weight is 466 g/mol. The smallest absolute Gasteiger partial charge is 0.269 e. The van der Waals surface area contributed by atoms with E-state index in [2.05, 4.69) is 5.43 Å². The van der Waals surface area contributed by atoms with Crippen LogP contribution in [0.4, 0.5) is 0 Å². The topological polar surface area (TPSA) is 93.6 Å². The molecule has 0 saturated heterocycles. The Labute approximate surface area is 175 Å². The van der Waals surface area contributed by atoms with Gasteiger partial charge in [-0.2, -0.15) is 4.31 Å². The molecular formula is C19H22BrN4O3S-. The lowest BCUT2D eigenvalue weighted by molar-refractivity contribution is -0.0000172. The molecule has 3 rings (SSSR count). The Hall–Kier alpha value is -2.23. The van der Waals surface area contributed by atoms with Crippen molar-refractivity contribution in [2.75, 3.05) is 13.1 Å². The van der Waals surface area contributed by atoms with Crippen molar-refractivity contribution in [1.29, 1.82) is 5.41 Å². The first-order chi connectivity index (χ1) is 12.9. The van der Waals surface area contributed by atoms with Gasteiger partial charge in [0, 0.05) is 24.2 Å². The van der Waals surface area contributed by atoms with Crippen LogP contribution in [0.3, 0.4) is 0 Å². The summed E-state index contributed by atoms with van der Waals surface area (Å²) in [5, 5.41) is 9.66. The van der Waals surface area contributed by atoms with Crippen LogP contribution in [0.2, 0.25) is 0 Å². The number of benzene rings is 2. The molecule has 150 valence electrons. The fourth-order valence-electron chi connectivity index (χ4n) is 3.08. The number of sulfonamides is 1. The van der Waals surface area contributed by atoms with Crippen molar-refractivity contribution < 1.29 is 30.2 Å². The summed E-state index contributed by atoms with van der Waals surface area (Å²) in [5.74, 6) is -0.241. The average Bonchev–Trinajstić information content (AvgIpc) is 2.98. The number of hydrazine groups is 1. The largest absolute Gasteiger partial charge is 1.00 e. The van der Waals surface area contributed by atoms with Gasteiger partial charge in [-0.05, 0) is 23.8 Å². The SMILES string of the molecule is CCN(CC)S(=O)(=O)c1cccc(C(=O)NN2Cc3ccccc3C2=N)c1.[Br-].